The van der Waals surface area contributed by atoms with Crippen LogP contribution in [0.2, 0.25) is 0 Å². The van der Waals surface area contributed by atoms with Crippen LogP contribution in [0.15, 0.2) is 12.4 Å². The lowest BCUT2D eigenvalue weighted by Crippen LogP contribution is -2.47. The summed E-state index contributed by atoms with van der Waals surface area (Å²) < 4.78 is 0. The summed E-state index contributed by atoms with van der Waals surface area (Å²) in [5.74, 6) is 1.54. The molecule has 0 atom stereocenters. The maximum absolute atomic E-state index is 7.30. The van der Waals surface area contributed by atoms with Crippen LogP contribution in [0.25, 0.3) is 0 Å². The highest BCUT2D eigenvalue weighted by Crippen LogP contribution is 2.13. The molecule has 6 heteroatoms. The minimum atomic E-state index is -0.0409. The molecular formula is C13H22N6. The Morgan fingerprint density at radius 1 is 1.26 bits per heavy atom. The quantitative estimate of drug-likeness (QED) is 0.611. The number of anilines is 1. The predicted molar refractivity (Wildman–Crippen MR) is 76.5 cm³/mol. The summed E-state index contributed by atoms with van der Waals surface area (Å²) in [5, 5.41) is 7.30. The van der Waals surface area contributed by atoms with Gasteiger partial charge in [-0.05, 0) is 5.92 Å². The Morgan fingerprint density at radius 2 is 1.95 bits per heavy atom. The zero-order chi connectivity index (χ0) is 13.8. The third kappa shape index (κ3) is 3.64. The molecule has 1 aromatic rings. The molecule has 104 valence electrons. The topological polar surface area (TPSA) is 82.1 Å². The van der Waals surface area contributed by atoms with Gasteiger partial charge in [0.15, 0.2) is 0 Å². The zero-order valence-electron chi connectivity index (χ0n) is 11.6. The van der Waals surface area contributed by atoms with Crippen molar-refractivity contribution in [2.45, 2.75) is 13.8 Å². The molecule has 1 saturated heterocycles. The number of nitrogen functional groups attached to an aromatic ring is 1. The van der Waals surface area contributed by atoms with Gasteiger partial charge < -0.3 is 10.6 Å². The van der Waals surface area contributed by atoms with Crippen LogP contribution in [0, 0.1) is 11.3 Å². The van der Waals surface area contributed by atoms with Crippen molar-refractivity contribution in [3.8, 4) is 0 Å². The number of nitrogens with two attached hydrogens (primary N) is 1. The van der Waals surface area contributed by atoms with E-state index in [-0.39, 0.29) is 5.84 Å². The van der Waals surface area contributed by atoms with Gasteiger partial charge in [0, 0.05) is 32.7 Å². The number of hydrogen-bond acceptors (Lipinski definition) is 5. The van der Waals surface area contributed by atoms with E-state index >= 15 is 0 Å². The summed E-state index contributed by atoms with van der Waals surface area (Å²) in [4.78, 5) is 13.2. The van der Waals surface area contributed by atoms with Crippen LogP contribution < -0.4 is 10.6 Å². The van der Waals surface area contributed by atoms with Crippen molar-refractivity contribution in [1.82, 2.24) is 14.9 Å². The maximum atomic E-state index is 7.30. The summed E-state index contributed by atoms with van der Waals surface area (Å²) in [6.07, 6.45) is 3.27. The van der Waals surface area contributed by atoms with Crippen molar-refractivity contribution in [1.29, 1.82) is 5.41 Å². The van der Waals surface area contributed by atoms with E-state index in [2.05, 4.69) is 33.6 Å². The summed E-state index contributed by atoms with van der Waals surface area (Å²) in [6, 6.07) is 0. The molecule has 3 N–H and O–H groups in total. The minimum absolute atomic E-state index is 0.0409. The average Bonchev–Trinajstić information content (AvgIpc) is 2.39. The van der Waals surface area contributed by atoms with E-state index in [1.165, 1.54) is 0 Å². The molecule has 0 bridgehead atoms. The molecule has 1 aromatic heterocycles. The molecular weight excluding hydrogens is 240 g/mol. The van der Waals surface area contributed by atoms with Crippen LogP contribution in [-0.4, -0.2) is 53.4 Å². The molecule has 2 heterocycles. The highest BCUT2D eigenvalue weighted by atomic mass is 15.3. The summed E-state index contributed by atoms with van der Waals surface area (Å²) in [7, 11) is 0. The highest BCUT2D eigenvalue weighted by Gasteiger charge is 2.18. The Morgan fingerprint density at radius 3 is 2.42 bits per heavy atom. The van der Waals surface area contributed by atoms with Gasteiger partial charge in [-0.3, -0.25) is 10.3 Å². The third-order valence-corrected chi connectivity index (χ3v) is 3.23. The minimum Gasteiger partial charge on any atom is -0.382 e. The van der Waals surface area contributed by atoms with Gasteiger partial charge in [-0.1, -0.05) is 13.8 Å². The number of hydrogen-bond donors (Lipinski definition) is 2. The van der Waals surface area contributed by atoms with Crippen LogP contribution in [0.5, 0.6) is 0 Å². The Hall–Kier alpha value is -1.69. The fourth-order valence-electron chi connectivity index (χ4n) is 2.30. The molecule has 2 rings (SSSR count). The van der Waals surface area contributed by atoms with Crippen molar-refractivity contribution in [2.75, 3.05) is 37.6 Å². The van der Waals surface area contributed by atoms with Crippen molar-refractivity contribution < 1.29 is 0 Å². The zero-order valence-corrected chi connectivity index (χ0v) is 11.6. The van der Waals surface area contributed by atoms with Crippen molar-refractivity contribution >= 4 is 11.7 Å². The van der Waals surface area contributed by atoms with Gasteiger partial charge in [0.05, 0.1) is 12.4 Å². The standard InChI is InChI=1S/C13H22N6/c1-10(2)9-18-3-5-19(6-4-18)12-8-16-11(7-17-12)13(14)15/h7-8,10H,3-6,9H2,1-2H3,(H3,14,15). The molecule has 1 fully saturated rings. The van der Waals surface area contributed by atoms with E-state index in [0.717, 1.165) is 38.5 Å². The van der Waals surface area contributed by atoms with E-state index in [9.17, 15) is 0 Å². The van der Waals surface area contributed by atoms with Crippen LogP contribution >= 0.6 is 0 Å². The van der Waals surface area contributed by atoms with Crippen LogP contribution in [-0.2, 0) is 0 Å². The molecule has 0 amide bonds. The Labute approximate surface area is 114 Å². The Kier molecular flexibility index (Phi) is 4.31. The number of rotatable bonds is 4. The average molecular weight is 262 g/mol. The summed E-state index contributed by atoms with van der Waals surface area (Å²) in [5.41, 5.74) is 5.80. The smallest absolute Gasteiger partial charge is 0.147 e. The molecule has 0 spiro atoms. The molecule has 0 saturated carbocycles. The molecule has 19 heavy (non-hydrogen) atoms. The second-order valence-corrected chi connectivity index (χ2v) is 5.36. The number of amidine groups is 1. The summed E-state index contributed by atoms with van der Waals surface area (Å²) >= 11 is 0. The summed E-state index contributed by atoms with van der Waals surface area (Å²) in [6.45, 7) is 9.73. The third-order valence-electron chi connectivity index (χ3n) is 3.23. The van der Waals surface area contributed by atoms with Gasteiger partial charge in [-0.15, -0.1) is 0 Å². The van der Waals surface area contributed by atoms with Gasteiger partial charge in [0.2, 0.25) is 0 Å². The molecule has 0 unspecified atom stereocenters. The van der Waals surface area contributed by atoms with Crippen LogP contribution in [0.3, 0.4) is 0 Å². The van der Waals surface area contributed by atoms with Crippen LogP contribution in [0.1, 0.15) is 19.5 Å². The number of nitrogens with one attached hydrogen (secondary N) is 1. The number of nitrogens with zero attached hydrogens (tertiary/aromatic N) is 4. The molecule has 1 aliphatic rings. The SMILES string of the molecule is CC(C)CN1CCN(c2cnc(C(=N)N)cn2)CC1. The van der Waals surface area contributed by atoms with Crippen LogP contribution in [0.4, 0.5) is 5.82 Å². The van der Waals surface area contributed by atoms with Gasteiger partial charge in [0.1, 0.15) is 17.3 Å². The van der Waals surface area contributed by atoms with E-state index in [1.807, 2.05) is 0 Å². The first kappa shape index (κ1) is 13.7. The second-order valence-electron chi connectivity index (χ2n) is 5.36. The number of piperazine rings is 1. The first-order valence-electron chi connectivity index (χ1n) is 6.70. The Balaban J connectivity index is 1.92. The second kappa shape index (κ2) is 5.97. The van der Waals surface area contributed by atoms with Gasteiger partial charge >= 0.3 is 0 Å². The molecule has 0 aliphatic carbocycles. The van der Waals surface area contributed by atoms with Gasteiger partial charge in [-0.25, -0.2) is 9.97 Å². The Bertz CT molecular complexity index is 419. The largest absolute Gasteiger partial charge is 0.382 e. The maximum Gasteiger partial charge on any atom is 0.147 e. The van der Waals surface area contributed by atoms with E-state index in [1.54, 1.807) is 12.4 Å². The molecule has 6 nitrogen and oxygen atoms in total. The molecule has 0 radical (unpaired) electrons. The molecule has 0 aromatic carbocycles. The monoisotopic (exact) mass is 262 g/mol. The van der Waals surface area contributed by atoms with E-state index < -0.39 is 0 Å². The molecule has 1 aliphatic heterocycles. The lowest BCUT2D eigenvalue weighted by atomic mass is 10.2. The fraction of sp³-hybridized carbons (Fsp3) is 0.615. The normalized spacial score (nSPS) is 16.9. The fourth-order valence-corrected chi connectivity index (χ4v) is 2.30. The first-order chi connectivity index (χ1) is 9.06. The van der Waals surface area contributed by atoms with E-state index in [4.69, 9.17) is 11.1 Å². The van der Waals surface area contributed by atoms with Gasteiger partial charge in [0.25, 0.3) is 0 Å². The van der Waals surface area contributed by atoms with Gasteiger partial charge in [-0.2, -0.15) is 0 Å². The first-order valence-corrected chi connectivity index (χ1v) is 6.70. The lowest BCUT2D eigenvalue weighted by molar-refractivity contribution is 0.231. The van der Waals surface area contributed by atoms with Crippen molar-refractivity contribution in [3.63, 3.8) is 0 Å². The van der Waals surface area contributed by atoms with Crippen molar-refractivity contribution in [3.05, 3.63) is 18.1 Å². The van der Waals surface area contributed by atoms with Crippen molar-refractivity contribution in [2.24, 2.45) is 11.7 Å². The highest BCUT2D eigenvalue weighted by molar-refractivity contribution is 5.92. The lowest BCUT2D eigenvalue weighted by Gasteiger charge is -2.36. The number of aromatic nitrogens is 2. The predicted octanol–water partition coefficient (Wildman–Crippen LogP) is 0.539. The van der Waals surface area contributed by atoms with E-state index in [0.29, 0.717) is 11.6 Å².